The summed E-state index contributed by atoms with van der Waals surface area (Å²) in [6.45, 7) is 1.35. The highest BCUT2D eigenvalue weighted by Gasteiger charge is 2.28. The fraction of sp³-hybridized carbons (Fsp3) is 0.300. The van der Waals surface area contributed by atoms with E-state index < -0.39 is 5.82 Å². The average Bonchev–Trinajstić information content (AvgIpc) is 2.67. The summed E-state index contributed by atoms with van der Waals surface area (Å²) in [6.07, 6.45) is 1.15. The van der Waals surface area contributed by atoms with Gasteiger partial charge in [-0.3, -0.25) is 9.59 Å². The van der Waals surface area contributed by atoms with Crippen LogP contribution < -0.4 is 5.32 Å². The highest BCUT2D eigenvalue weighted by molar-refractivity contribution is 6.30. The van der Waals surface area contributed by atoms with Crippen LogP contribution in [-0.2, 0) is 11.3 Å². The van der Waals surface area contributed by atoms with E-state index in [1.165, 1.54) is 12.1 Å². The van der Waals surface area contributed by atoms with Gasteiger partial charge in [-0.2, -0.15) is 0 Å². The minimum absolute atomic E-state index is 0.0158. The van der Waals surface area contributed by atoms with Crippen molar-refractivity contribution in [3.8, 4) is 0 Å². The second-order valence-electron chi connectivity index (χ2n) is 6.39. The lowest BCUT2D eigenvalue weighted by Crippen LogP contribution is -2.43. The summed E-state index contributed by atoms with van der Waals surface area (Å²) in [4.78, 5) is 26.4. The van der Waals surface area contributed by atoms with Gasteiger partial charge in [0.15, 0.2) is 0 Å². The molecule has 3 rings (SSSR count). The summed E-state index contributed by atoms with van der Waals surface area (Å²) < 4.78 is 13.8. The van der Waals surface area contributed by atoms with Gasteiger partial charge in [-0.15, -0.1) is 0 Å². The van der Waals surface area contributed by atoms with E-state index in [4.69, 9.17) is 11.6 Å². The van der Waals surface area contributed by atoms with E-state index in [1.807, 2.05) is 12.1 Å². The molecule has 0 spiro atoms. The van der Waals surface area contributed by atoms with Crippen molar-refractivity contribution in [3.05, 3.63) is 70.5 Å². The Morgan fingerprint density at radius 1 is 1.08 bits per heavy atom. The molecule has 2 aromatic carbocycles. The molecule has 0 radical (unpaired) electrons. The fourth-order valence-electron chi connectivity index (χ4n) is 3.09. The van der Waals surface area contributed by atoms with E-state index in [2.05, 4.69) is 5.32 Å². The third-order valence-corrected chi connectivity index (χ3v) is 4.89. The lowest BCUT2D eigenvalue weighted by Gasteiger charge is -2.31. The van der Waals surface area contributed by atoms with Crippen LogP contribution in [-0.4, -0.2) is 29.8 Å². The quantitative estimate of drug-likeness (QED) is 0.888. The first-order valence-corrected chi connectivity index (χ1v) is 8.98. The number of amides is 2. The van der Waals surface area contributed by atoms with Gasteiger partial charge in [-0.05, 0) is 42.7 Å². The summed E-state index contributed by atoms with van der Waals surface area (Å²) in [7, 11) is 0. The Labute approximate surface area is 157 Å². The molecule has 0 aromatic heterocycles. The molecule has 2 aromatic rings. The number of benzene rings is 2. The second-order valence-corrected chi connectivity index (χ2v) is 6.83. The third-order valence-electron chi connectivity index (χ3n) is 4.64. The van der Waals surface area contributed by atoms with Gasteiger partial charge in [-0.1, -0.05) is 35.9 Å². The molecule has 1 aliphatic heterocycles. The summed E-state index contributed by atoms with van der Waals surface area (Å²) in [5.74, 6) is -0.978. The van der Waals surface area contributed by atoms with E-state index in [0.29, 0.717) is 37.5 Å². The van der Waals surface area contributed by atoms with Crippen LogP contribution in [0.25, 0.3) is 0 Å². The maximum Gasteiger partial charge on any atom is 0.256 e. The molecule has 1 saturated heterocycles. The normalized spacial score (nSPS) is 14.9. The molecule has 0 bridgehead atoms. The predicted molar refractivity (Wildman–Crippen MR) is 98.3 cm³/mol. The van der Waals surface area contributed by atoms with Crippen LogP contribution in [0, 0.1) is 11.7 Å². The molecule has 26 heavy (non-hydrogen) atoms. The number of carbonyl (C=O) groups is 2. The van der Waals surface area contributed by atoms with Crippen molar-refractivity contribution >= 4 is 23.4 Å². The van der Waals surface area contributed by atoms with Gasteiger partial charge in [0.25, 0.3) is 5.91 Å². The highest BCUT2D eigenvalue weighted by Crippen LogP contribution is 2.20. The topological polar surface area (TPSA) is 49.4 Å². The first kappa shape index (κ1) is 18.4. The minimum Gasteiger partial charge on any atom is -0.352 e. The molecule has 136 valence electrons. The number of halogens is 2. The number of nitrogens with one attached hydrogen (secondary N) is 1. The molecular weight excluding hydrogens is 355 g/mol. The molecule has 1 N–H and O–H groups in total. The van der Waals surface area contributed by atoms with Gasteiger partial charge < -0.3 is 10.2 Å². The number of piperidine rings is 1. The molecule has 0 atom stereocenters. The van der Waals surface area contributed by atoms with Gasteiger partial charge in [0.1, 0.15) is 5.82 Å². The van der Waals surface area contributed by atoms with Gasteiger partial charge >= 0.3 is 0 Å². The maximum atomic E-state index is 13.8. The molecule has 0 aliphatic carbocycles. The van der Waals surface area contributed by atoms with Crippen molar-refractivity contribution in [3.63, 3.8) is 0 Å². The molecule has 1 fully saturated rings. The summed E-state index contributed by atoms with van der Waals surface area (Å²) in [5.41, 5.74) is 1.06. The van der Waals surface area contributed by atoms with Gasteiger partial charge in [0.05, 0.1) is 5.56 Å². The van der Waals surface area contributed by atoms with Crippen molar-refractivity contribution in [2.75, 3.05) is 13.1 Å². The van der Waals surface area contributed by atoms with Crippen LogP contribution >= 0.6 is 11.6 Å². The molecule has 1 heterocycles. The SMILES string of the molecule is O=C(NCc1ccc(Cl)cc1)C1CCN(C(=O)c2ccccc2F)CC1. The lowest BCUT2D eigenvalue weighted by molar-refractivity contribution is -0.126. The van der Waals surface area contributed by atoms with E-state index >= 15 is 0 Å². The van der Waals surface area contributed by atoms with Crippen molar-refractivity contribution in [1.29, 1.82) is 0 Å². The summed E-state index contributed by atoms with van der Waals surface area (Å²) >= 11 is 5.85. The smallest absolute Gasteiger partial charge is 0.256 e. The minimum atomic E-state index is -0.514. The monoisotopic (exact) mass is 374 g/mol. The number of carbonyl (C=O) groups excluding carboxylic acids is 2. The van der Waals surface area contributed by atoms with E-state index in [9.17, 15) is 14.0 Å². The van der Waals surface area contributed by atoms with Crippen LogP contribution in [0.2, 0.25) is 5.02 Å². The number of hydrogen-bond acceptors (Lipinski definition) is 2. The molecule has 0 saturated carbocycles. The van der Waals surface area contributed by atoms with Gasteiger partial charge in [0, 0.05) is 30.6 Å². The van der Waals surface area contributed by atoms with Crippen molar-refractivity contribution in [1.82, 2.24) is 10.2 Å². The maximum absolute atomic E-state index is 13.8. The van der Waals surface area contributed by atoms with Gasteiger partial charge in [-0.25, -0.2) is 4.39 Å². The Kier molecular flexibility index (Phi) is 5.89. The van der Waals surface area contributed by atoms with E-state index in [1.54, 1.807) is 29.2 Å². The molecular formula is C20H20ClFN2O2. The molecule has 0 unspecified atom stereocenters. The largest absolute Gasteiger partial charge is 0.352 e. The van der Waals surface area contributed by atoms with Gasteiger partial charge in [0.2, 0.25) is 5.91 Å². The summed E-state index contributed by atoms with van der Waals surface area (Å²) in [6, 6.07) is 13.3. The van der Waals surface area contributed by atoms with E-state index in [-0.39, 0.29) is 23.3 Å². The predicted octanol–water partition coefficient (Wildman–Crippen LogP) is 3.65. The number of rotatable bonds is 4. The number of nitrogens with zero attached hydrogens (tertiary/aromatic N) is 1. The van der Waals surface area contributed by atoms with Crippen molar-refractivity contribution < 1.29 is 14.0 Å². The van der Waals surface area contributed by atoms with Crippen LogP contribution in [0.3, 0.4) is 0 Å². The Morgan fingerprint density at radius 3 is 2.38 bits per heavy atom. The Bertz CT molecular complexity index is 787. The van der Waals surface area contributed by atoms with Crippen LogP contribution in [0.1, 0.15) is 28.8 Å². The average molecular weight is 375 g/mol. The Morgan fingerprint density at radius 2 is 1.73 bits per heavy atom. The molecule has 6 heteroatoms. The van der Waals surface area contributed by atoms with Crippen molar-refractivity contribution in [2.45, 2.75) is 19.4 Å². The third kappa shape index (κ3) is 4.41. The van der Waals surface area contributed by atoms with Crippen LogP contribution in [0.4, 0.5) is 4.39 Å². The molecule has 2 amide bonds. The van der Waals surface area contributed by atoms with Crippen molar-refractivity contribution in [2.24, 2.45) is 5.92 Å². The lowest BCUT2D eigenvalue weighted by atomic mass is 9.95. The zero-order valence-electron chi connectivity index (χ0n) is 14.3. The number of likely N-dealkylation sites (tertiary alicyclic amines) is 1. The van der Waals surface area contributed by atoms with E-state index in [0.717, 1.165) is 5.56 Å². The first-order chi connectivity index (χ1) is 12.5. The first-order valence-electron chi connectivity index (χ1n) is 8.60. The molecule has 4 nitrogen and oxygen atoms in total. The highest BCUT2D eigenvalue weighted by atomic mass is 35.5. The zero-order chi connectivity index (χ0) is 18.5. The number of hydrogen-bond donors (Lipinski definition) is 1. The fourth-order valence-corrected chi connectivity index (χ4v) is 3.21. The van der Waals surface area contributed by atoms with Crippen LogP contribution in [0.5, 0.6) is 0 Å². The zero-order valence-corrected chi connectivity index (χ0v) is 15.0. The summed E-state index contributed by atoms with van der Waals surface area (Å²) in [5, 5.41) is 3.59. The standard InChI is InChI=1S/C20H20ClFN2O2/c21-16-7-5-14(6-8-16)13-23-19(25)15-9-11-24(12-10-15)20(26)17-3-1-2-4-18(17)22/h1-8,15H,9-13H2,(H,23,25). The second kappa shape index (κ2) is 8.32. The Balaban J connectivity index is 1.50. The van der Waals surface area contributed by atoms with Crippen LogP contribution in [0.15, 0.2) is 48.5 Å². The molecule has 1 aliphatic rings. The Hall–Kier alpha value is -2.40.